The van der Waals surface area contributed by atoms with Gasteiger partial charge in [-0.2, -0.15) is 5.26 Å². The van der Waals surface area contributed by atoms with Crippen molar-refractivity contribution in [2.75, 3.05) is 0 Å². The molecule has 0 saturated heterocycles. The normalized spacial score (nSPS) is 29.0. The molecule has 1 saturated carbocycles. The molecule has 1 nitrogen and oxygen atoms in total. The molecule has 0 aromatic heterocycles. The SMILES string of the molecule is N#CC=CC1CCC(F)(F)C1. The van der Waals surface area contributed by atoms with E-state index in [9.17, 15) is 8.78 Å². The van der Waals surface area contributed by atoms with E-state index in [0.717, 1.165) is 0 Å². The molecular weight excluding hydrogens is 148 g/mol. The van der Waals surface area contributed by atoms with Gasteiger partial charge in [0.1, 0.15) is 0 Å². The summed E-state index contributed by atoms with van der Waals surface area (Å²) >= 11 is 0. The predicted octanol–water partition coefficient (Wildman–Crippen LogP) is 2.50. The predicted molar refractivity (Wildman–Crippen MR) is 37.0 cm³/mol. The quantitative estimate of drug-likeness (QED) is 0.536. The summed E-state index contributed by atoms with van der Waals surface area (Å²) in [6.45, 7) is 0. The Hall–Kier alpha value is -0.910. The minimum Gasteiger partial charge on any atom is -0.207 e. The van der Waals surface area contributed by atoms with Crippen molar-refractivity contribution in [2.24, 2.45) is 5.92 Å². The Balaban J connectivity index is 2.44. The monoisotopic (exact) mass is 157 g/mol. The lowest BCUT2D eigenvalue weighted by Gasteiger charge is -2.05. The van der Waals surface area contributed by atoms with E-state index in [-0.39, 0.29) is 18.8 Å². The maximum absolute atomic E-state index is 12.5. The molecule has 3 heteroatoms. The third-order valence-corrected chi connectivity index (χ3v) is 1.88. The van der Waals surface area contributed by atoms with Gasteiger partial charge in [-0.1, -0.05) is 6.08 Å². The maximum atomic E-state index is 12.5. The van der Waals surface area contributed by atoms with E-state index in [0.29, 0.717) is 6.42 Å². The van der Waals surface area contributed by atoms with E-state index in [1.54, 1.807) is 12.1 Å². The van der Waals surface area contributed by atoms with Gasteiger partial charge in [-0.05, 0) is 12.3 Å². The number of nitrogens with zero attached hydrogens (tertiary/aromatic N) is 1. The Labute approximate surface area is 64.3 Å². The van der Waals surface area contributed by atoms with Crippen LogP contribution < -0.4 is 0 Å². The van der Waals surface area contributed by atoms with Crippen molar-refractivity contribution in [3.63, 3.8) is 0 Å². The molecule has 1 aliphatic rings. The highest BCUT2D eigenvalue weighted by Crippen LogP contribution is 2.39. The molecule has 1 aliphatic carbocycles. The standard InChI is InChI=1S/C8H9F2N/c9-8(10)4-3-7(6-8)2-1-5-11/h1-2,7H,3-4,6H2. The fourth-order valence-electron chi connectivity index (χ4n) is 1.33. The average Bonchev–Trinajstić information content (AvgIpc) is 2.26. The molecule has 0 aliphatic heterocycles. The van der Waals surface area contributed by atoms with E-state index < -0.39 is 5.92 Å². The van der Waals surface area contributed by atoms with Crippen molar-refractivity contribution in [3.05, 3.63) is 12.2 Å². The van der Waals surface area contributed by atoms with Crippen LogP contribution in [0.15, 0.2) is 12.2 Å². The smallest absolute Gasteiger partial charge is 0.207 e. The first kappa shape index (κ1) is 8.19. The molecule has 0 amide bonds. The highest BCUT2D eigenvalue weighted by atomic mass is 19.3. The summed E-state index contributed by atoms with van der Waals surface area (Å²) in [6.07, 6.45) is 3.23. The van der Waals surface area contributed by atoms with Gasteiger partial charge in [0.15, 0.2) is 0 Å². The van der Waals surface area contributed by atoms with E-state index in [4.69, 9.17) is 5.26 Å². The minimum atomic E-state index is -2.50. The Bertz CT molecular complexity index is 203. The molecule has 0 aromatic carbocycles. The number of allylic oxidation sites excluding steroid dienone is 2. The van der Waals surface area contributed by atoms with Crippen molar-refractivity contribution < 1.29 is 8.78 Å². The lowest BCUT2D eigenvalue weighted by atomic mass is 10.1. The summed E-state index contributed by atoms with van der Waals surface area (Å²) < 4.78 is 25.0. The molecule has 11 heavy (non-hydrogen) atoms. The highest BCUT2D eigenvalue weighted by Gasteiger charge is 2.37. The first-order chi connectivity index (χ1) is 5.14. The van der Waals surface area contributed by atoms with Gasteiger partial charge in [0.25, 0.3) is 0 Å². The molecule has 0 bridgehead atoms. The summed E-state index contributed by atoms with van der Waals surface area (Å²) in [6, 6.07) is 1.80. The highest BCUT2D eigenvalue weighted by molar-refractivity contribution is 5.06. The number of rotatable bonds is 1. The molecule has 0 spiro atoms. The first-order valence-corrected chi connectivity index (χ1v) is 3.58. The van der Waals surface area contributed by atoms with Crippen molar-refractivity contribution in [2.45, 2.75) is 25.2 Å². The van der Waals surface area contributed by atoms with Crippen LogP contribution in [0.4, 0.5) is 8.78 Å². The van der Waals surface area contributed by atoms with Crippen LogP contribution in [0, 0.1) is 17.2 Å². The van der Waals surface area contributed by atoms with Crippen LogP contribution in [-0.2, 0) is 0 Å². The first-order valence-electron chi connectivity index (χ1n) is 3.58. The van der Waals surface area contributed by atoms with Crippen molar-refractivity contribution in [1.82, 2.24) is 0 Å². The summed E-state index contributed by atoms with van der Waals surface area (Å²) in [4.78, 5) is 0. The molecule has 0 aromatic rings. The van der Waals surface area contributed by atoms with Crippen molar-refractivity contribution in [1.29, 1.82) is 5.26 Å². The number of nitriles is 1. The molecule has 1 atom stereocenters. The van der Waals surface area contributed by atoms with Gasteiger partial charge in [0, 0.05) is 18.9 Å². The number of hydrogen-bond donors (Lipinski definition) is 0. The largest absolute Gasteiger partial charge is 0.248 e. The maximum Gasteiger partial charge on any atom is 0.248 e. The zero-order chi connectivity index (χ0) is 8.32. The van der Waals surface area contributed by atoms with Crippen LogP contribution in [0.25, 0.3) is 0 Å². The summed E-state index contributed by atoms with van der Waals surface area (Å²) in [5.41, 5.74) is 0. The van der Waals surface area contributed by atoms with Gasteiger partial charge in [0.05, 0.1) is 6.07 Å². The van der Waals surface area contributed by atoms with E-state index in [1.165, 1.54) is 6.08 Å². The molecule has 1 unspecified atom stereocenters. The van der Waals surface area contributed by atoms with Gasteiger partial charge in [-0.25, -0.2) is 8.78 Å². The minimum absolute atomic E-state index is 0.0343. The van der Waals surface area contributed by atoms with Crippen LogP contribution in [-0.4, -0.2) is 5.92 Å². The summed E-state index contributed by atoms with van der Waals surface area (Å²) in [7, 11) is 0. The fraction of sp³-hybridized carbons (Fsp3) is 0.625. The number of alkyl halides is 2. The average molecular weight is 157 g/mol. The second-order valence-electron chi connectivity index (χ2n) is 2.85. The lowest BCUT2D eigenvalue weighted by Crippen LogP contribution is -2.08. The Morgan fingerprint density at radius 2 is 2.27 bits per heavy atom. The van der Waals surface area contributed by atoms with E-state index in [2.05, 4.69) is 0 Å². The van der Waals surface area contributed by atoms with Gasteiger partial charge in [-0.3, -0.25) is 0 Å². The van der Waals surface area contributed by atoms with Crippen molar-refractivity contribution >= 4 is 0 Å². The van der Waals surface area contributed by atoms with Gasteiger partial charge >= 0.3 is 0 Å². The van der Waals surface area contributed by atoms with E-state index >= 15 is 0 Å². The zero-order valence-corrected chi connectivity index (χ0v) is 6.06. The molecule has 60 valence electrons. The Kier molecular flexibility index (Phi) is 2.23. The fourth-order valence-corrected chi connectivity index (χ4v) is 1.33. The molecule has 0 radical (unpaired) electrons. The molecular formula is C8H9F2N. The third kappa shape index (κ3) is 2.30. The lowest BCUT2D eigenvalue weighted by molar-refractivity contribution is 0.00677. The molecule has 1 fully saturated rings. The molecule has 1 rings (SSSR count). The number of halogens is 2. The zero-order valence-electron chi connectivity index (χ0n) is 6.06. The van der Waals surface area contributed by atoms with Crippen LogP contribution >= 0.6 is 0 Å². The van der Waals surface area contributed by atoms with Crippen molar-refractivity contribution in [3.8, 4) is 6.07 Å². The van der Waals surface area contributed by atoms with Gasteiger partial charge in [-0.15, -0.1) is 0 Å². The second-order valence-corrected chi connectivity index (χ2v) is 2.85. The van der Waals surface area contributed by atoms with Crippen LogP contribution in [0.5, 0.6) is 0 Å². The van der Waals surface area contributed by atoms with Crippen LogP contribution in [0.1, 0.15) is 19.3 Å². The Morgan fingerprint density at radius 3 is 2.73 bits per heavy atom. The van der Waals surface area contributed by atoms with Gasteiger partial charge in [0.2, 0.25) is 5.92 Å². The third-order valence-electron chi connectivity index (χ3n) is 1.88. The second kappa shape index (κ2) is 3.00. The topological polar surface area (TPSA) is 23.8 Å². The number of hydrogen-bond acceptors (Lipinski definition) is 1. The van der Waals surface area contributed by atoms with Crippen LogP contribution in [0.3, 0.4) is 0 Å². The van der Waals surface area contributed by atoms with Crippen LogP contribution in [0.2, 0.25) is 0 Å². The molecule has 0 N–H and O–H groups in total. The van der Waals surface area contributed by atoms with E-state index in [1.807, 2.05) is 0 Å². The summed E-state index contributed by atoms with van der Waals surface area (Å²) in [5, 5.41) is 8.13. The van der Waals surface area contributed by atoms with Gasteiger partial charge < -0.3 is 0 Å². The Morgan fingerprint density at radius 1 is 1.55 bits per heavy atom. The molecule has 0 heterocycles. The summed E-state index contributed by atoms with van der Waals surface area (Å²) in [5.74, 6) is -2.59.